The van der Waals surface area contributed by atoms with Crippen LogP contribution in [0.15, 0.2) is 58.8 Å². The molecule has 3 rings (SSSR count). The molecule has 0 amide bonds. The van der Waals surface area contributed by atoms with Crippen molar-refractivity contribution in [3.8, 4) is 0 Å². The Kier molecular flexibility index (Phi) is 7.41. The third-order valence-corrected chi connectivity index (χ3v) is 10.6. The van der Waals surface area contributed by atoms with Gasteiger partial charge in [0.05, 0.1) is 0 Å². The van der Waals surface area contributed by atoms with Crippen LogP contribution in [-0.2, 0) is 10.8 Å². The minimum atomic E-state index is -0.158. The van der Waals surface area contributed by atoms with Crippen LogP contribution in [0, 0.1) is 0 Å². The van der Waals surface area contributed by atoms with Crippen molar-refractivity contribution in [2.75, 3.05) is 0 Å². The molecule has 28 heavy (non-hydrogen) atoms. The SMILES string of the molecule is CCCC[Te]/C(=C\Sc1ccccc1)c1ccc2c(c1)C(C)(C)CCC2(C)C. The minimum absolute atomic E-state index is 0.158. The second-order valence-corrected chi connectivity index (χ2v) is 13.3. The molecule has 1 aliphatic rings. The van der Waals surface area contributed by atoms with E-state index in [4.69, 9.17) is 0 Å². The Labute approximate surface area is 186 Å². The molecule has 2 aromatic carbocycles. The zero-order chi connectivity index (χ0) is 20.2. The van der Waals surface area contributed by atoms with Gasteiger partial charge in [0.1, 0.15) is 0 Å². The van der Waals surface area contributed by atoms with Gasteiger partial charge in [-0.15, -0.1) is 0 Å². The predicted octanol–water partition coefficient (Wildman–Crippen LogP) is 8.05. The first-order chi connectivity index (χ1) is 13.3. The second-order valence-electron chi connectivity index (χ2n) is 9.14. The molecule has 0 aliphatic heterocycles. The summed E-state index contributed by atoms with van der Waals surface area (Å²) >= 11 is 1.73. The van der Waals surface area contributed by atoms with Gasteiger partial charge < -0.3 is 0 Å². The Balaban J connectivity index is 1.95. The Hall–Kier alpha value is -0.680. The molecule has 0 bridgehead atoms. The zero-order valence-corrected chi connectivity index (χ0v) is 21.2. The number of fused-ring (bicyclic) bond motifs is 1. The van der Waals surface area contributed by atoms with Gasteiger partial charge in [0.15, 0.2) is 0 Å². The van der Waals surface area contributed by atoms with Gasteiger partial charge in [-0.3, -0.25) is 0 Å². The summed E-state index contributed by atoms with van der Waals surface area (Å²) in [4.78, 5) is 1.34. The van der Waals surface area contributed by atoms with Crippen LogP contribution >= 0.6 is 11.8 Å². The topological polar surface area (TPSA) is 0 Å². The third kappa shape index (κ3) is 5.27. The molecule has 0 atom stereocenters. The molecule has 2 heteroatoms. The van der Waals surface area contributed by atoms with Crippen molar-refractivity contribution in [1.82, 2.24) is 0 Å². The van der Waals surface area contributed by atoms with Crippen LogP contribution in [0.2, 0.25) is 4.47 Å². The summed E-state index contributed by atoms with van der Waals surface area (Å²) < 4.78 is 3.02. The molecule has 0 spiro atoms. The molecule has 2 aromatic rings. The number of hydrogen-bond acceptors (Lipinski definition) is 1. The summed E-state index contributed by atoms with van der Waals surface area (Å²) in [5.74, 6) is 0. The first-order valence-electron chi connectivity index (χ1n) is 10.5. The van der Waals surface area contributed by atoms with E-state index in [0.717, 1.165) is 0 Å². The standard InChI is InChI=1S/C26H34STe/c1-6-7-17-28-24(19-27-21-11-9-8-10-12-21)20-13-14-22-23(18-20)26(4,5)16-15-25(22,2)3/h8-14,18-19H,6-7,15-17H2,1-5H3/b24-19-. The van der Waals surface area contributed by atoms with Crippen molar-refractivity contribution in [2.45, 2.75) is 80.5 Å². The van der Waals surface area contributed by atoms with E-state index in [9.17, 15) is 0 Å². The molecule has 0 radical (unpaired) electrons. The molecule has 0 saturated carbocycles. The van der Waals surface area contributed by atoms with Gasteiger partial charge in [-0.25, -0.2) is 0 Å². The quantitative estimate of drug-likeness (QED) is 0.208. The van der Waals surface area contributed by atoms with Crippen LogP contribution in [0.1, 0.15) is 77.0 Å². The van der Waals surface area contributed by atoms with E-state index in [2.05, 4.69) is 88.6 Å². The van der Waals surface area contributed by atoms with Gasteiger partial charge >= 0.3 is 187 Å². The maximum absolute atomic E-state index is 2.55. The first-order valence-corrected chi connectivity index (χ1v) is 14.2. The number of unbranched alkanes of at least 4 members (excludes halogenated alkanes) is 1. The number of benzene rings is 2. The van der Waals surface area contributed by atoms with E-state index in [1.54, 1.807) is 14.7 Å². The Morgan fingerprint density at radius 3 is 2.32 bits per heavy atom. The average Bonchev–Trinajstić information content (AvgIpc) is 2.69. The van der Waals surface area contributed by atoms with Gasteiger partial charge in [0.2, 0.25) is 0 Å². The van der Waals surface area contributed by atoms with Crippen molar-refractivity contribution >= 4 is 36.3 Å². The van der Waals surface area contributed by atoms with E-state index in [0.29, 0.717) is 5.41 Å². The molecule has 0 aromatic heterocycles. The molecule has 0 unspecified atom stereocenters. The summed E-state index contributed by atoms with van der Waals surface area (Å²) in [5, 5.41) is 2.45. The van der Waals surface area contributed by atoms with Crippen molar-refractivity contribution in [3.63, 3.8) is 0 Å². The van der Waals surface area contributed by atoms with Gasteiger partial charge in [0.25, 0.3) is 0 Å². The van der Waals surface area contributed by atoms with Crippen molar-refractivity contribution in [2.24, 2.45) is 0 Å². The van der Waals surface area contributed by atoms with Crippen molar-refractivity contribution in [1.29, 1.82) is 0 Å². The molecule has 0 saturated heterocycles. The van der Waals surface area contributed by atoms with E-state index < -0.39 is 0 Å². The average molecular weight is 506 g/mol. The van der Waals surface area contributed by atoms with Crippen molar-refractivity contribution < 1.29 is 0 Å². The molecule has 0 nitrogen and oxygen atoms in total. The molecular formula is C26H34STe. The molecule has 0 N–H and O–H groups in total. The summed E-state index contributed by atoms with van der Waals surface area (Å²) in [7, 11) is 0. The fraction of sp³-hybridized carbons (Fsp3) is 0.462. The van der Waals surface area contributed by atoms with Gasteiger partial charge in [-0.2, -0.15) is 0 Å². The Bertz CT molecular complexity index is 818. The summed E-state index contributed by atoms with van der Waals surface area (Å²) in [5.41, 5.74) is 5.20. The normalized spacial score (nSPS) is 18.0. The molecular weight excluding hydrogens is 472 g/mol. The number of thioether (sulfide) groups is 1. The number of rotatable bonds is 7. The third-order valence-electron chi connectivity index (χ3n) is 5.94. The Morgan fingerprint density at radius 1 is 0.964 bits per heavy atom. The fourth-order valence-electron chi connectivity index (χ4n) is 3.87. The van der Waals surface area contributed by atoms with E-state index in [1.165, 1.54) is 40.6 Å². The molecule has 150 valence electrons. The van der Waals surface area contributed by atoms with Crippen molar-refractivity contribution in [3.05, 3.63) is 70.6 Å². The summed E-state index contributed by atoms with van der Waals surface area (Å²) in [6.45, 7) is 12.0. The maximum atomic E-state index is 2.55. The van der Waals surface area contributed by atoms with E-state index >= 15 is 0 Å². The second kappa shape index (κ2) is 9.42. The monoisotopic (exact) mass is 508 g/mol. The predicted molar refractivity (Wildman–Crippen MR) is 127 cm³/mol. The molecule has 0 fully saturated rings. The van der Waals surface area contributed by atoms with Crippen LogP contribution in [0.25, 0.3) is 3.62 Å². The Morgan fingerprint density at radius 2 is 1.64 bits per heavy atom. The van der Waals surface area contributed by atoms with Crippen LogP contribution in [-0.4, -0.2) is 20.9 Å². The molecule has 0 heterocycles. The first kappa shape index (κ1) is 22.0. The zero-order valence-electron chi connectivity index (χ0n) is 18.0. The summed E-state index contributed by atoms with van der Waals surface area (Å²) in [6, 6.07) is 18.2. The van der Waals surface area contributed by atoms with Crippen LogP contribution in [0.3, 0.4) is 0 Å². The van der Waals surface area contributed by atoms with Gasteiger partial charge in [-0.1, -0.05) is 0 Å². The van der Waals surface area contributed by atoms with Crippen LogP contribution in [0.4, 0.5) is 0 Å². The molecule has 1 aliphatic carbocycles. The van der Waals surface area contributed by atoms with Gasteiger partial charge in [0, 0.05) is 0 Å². The van der Waals surface area contributed by atoms with Gasteiger partial charge in [-0.05, 0) is 0 Å². The van der Waals surface area contributed by atoms with E-state index in [-0.39, 0.29) is 26.3 Å². The summed E-state index contributed by atoms with van der Waals surface area (Å²) in [6.07, 6.45) is 5.22. The van der Waals surface area contributed by atoms with Crippen LogP contribution < -0.4 is 0 Å². The van der Waals surface area contributed by atoms with E-state index in [1.807, 2.05) is 11.8 Å². The van der Waals surface area contributed by atoms with Crippen LogP contribution in [0.5, 0.6) is 0 Å². The number of hydrogen-bond donors (Lipinski definition) is 0. The fourth-order valence-corrected chi connectivity index (χ4v) is 8.33.